The van der Waals surface area contributed by atoms with Crippen LogP contribution >= 0.6 is 11.6 Å². The number of halogens is 1. The molecule has 0 spiro atoms. The first-order valence-electron chi connectivity index (χ1n) is 7.93. The maximum Gasteiger partial charge on any atom is 0.222 e. The SMILES string of the molecule is CC(C)C(=O)NC[C@H](c1ccc(Cl)cc1)N1CCN(C)CC1. The minimum absolute atomic E-state index is 0.0124. The fourth-order valence-electron chi connectivity index (χ4n) is 2.68. The molecule has 1 aliphatic heterocycles. The van der Waals surface area contributed by atoms with Gasteiger partial charge in [0, 0.05) is 43.7 Å². The molecule has 1 fully saturated rings. The number of rotatable bonds is 5. The van der Waals surface area contributed by atoms with Crippen molar-refractivity contribution in [1.29, 1.82) is 0 Å². The number of nitrogens with zero attached hydrogens (tertiary/aromatic N) is 2. The highest BCUT2D eigenvalue weighted by Gasteiger charge is 2.24. The van der Waals surface area contributed by atoms with E-state index in [9.17, 15) is 4.79 Å². The van der Waals surface area contributed by atoms with Crippen LogP contribution in [0.4, 0.5) is 0 Å². The molecule has 0 aliphatic carbocycles. The molecule has 1 aromatic carbocycles. The third-order valence-electron chi connectivity index (χ3n) is 4.23. The first-order chi connectivity index (χ1) is 10.5. The van der Waals surface area contributed by atoms with E-state index in [0.29, 0.717) is 6.54 Å². The van der Waals surface area contributed by atoms with Gasteiger partial charge in [-0.3, -0.25) is 9.69 Å². The molecule has 1 amide bonds. The van der Waals surface area contributed by atoms with Gasteiger partial charge >= 0.3 is 0 Å². The van der Waals surface area contributed by atoms with Crippen LogP contribution < -0.4 is 5.32 Å². The molecule has 0 radical (unpaired) electrons. The number of hydrogen-bond donors (Lipinski definition) is 1. The molecule has 0 aromatic heterocycles. The topological polar surface area (TPSA) is 35.6 Å². The fourth-order valence-corrected chi connectivity index (χ4v) is 2.80. The quantitative estimate of drug-likeness (QED) is 0.904. The van der Waals surface area contributed by atoms with Crippen molar-refractivity contribution < 1.29 is 4.79 Å². The molecule has 1 heterocycles. The number of nitrogens with one attached hydrogen (secondary N) is 1. The standard InChI is InChI=1S/C17H26ClN3O/c1-13(2)17(22)19-12-16(14-4-6-15(18)7-5-14)21-10-8-20(3)9-11-21/h4-7,13,16H,8-12H2,1-3H3,(H,19,22)/t16-/m1/s1. The van der Waals surface area contributed by atoms with Crippen LogP contribution in [0.25, 0.3) is 0 Å². The van der Waals surface area contributed by atoms with Crippen LogP contribution in [0.5, 0.6) is 0 Å². The van der Waals surface area contributed by atoms with Crippen molar-refractivity contribution in [2.75, 3.05) is 39.8 Å². The summed E-state index contributed by atoms with van der Waals surface area (Å²) in [6, 6.07) is 8.17. The lowest BCUT2D eigenvalue weighted by Gasteiger charge is -2.38. The molecular weight excluding hydrogens is 298 g/mol. The van der Waals surface area contributed by atoms with Gasteiger partial charge in [0.1, 0.15) is 0 Å². The Bertz CT molecular complexity index is 481. The zero-order chi connectivity index (χ0) is 16.1. The molecule has 22 heavy (non-hydrogen) atoms. The van der Waals surface area contributed by atoms with E-state index in [0.717, 1.165) is 31.2 Å². The number of amides is 1. The number of benzene rings is 1. The molecule has 1 aromatic rings. The molecule has 5 heteroatoms. The highest BCUT2D eigenvalue weighted by atomic mass is 35.5. The van der Waals surface area contributed by atoms with Crippen LogP contribution in [0.3, 0.4) is 0 Å². The third kappa shape index (κ3) is 4.70. The summed E-state index contributed by atoms with van der Waals surface area (Å²) in [5.74, 6) is 0.117. The lowest BCUT2D eigenvalue weighted by Crippen LogP contribution is -2.48. The largest absolute Gasteiger partial charge is 0.354 e. The van der Waals surface area contributed by atoms with E-state index in [2.05, 4.69) is 34.3 Å². The van der Waals surface area contributed by atoms with Crippen LogP contribution in [-0.4, -0.2) is 55.5 Å². The van der Waals surface area contributed by atoms with Gasteiger partial charge in [0.05, 0.1) is 6.04 Å². The van der Waals surface area contributed by atoms with Crippen LogP contribution in [0.15, 0.2) is 24.3 Å². The summed E-state index contributed by atoms with van der Waals surface area (Å²) >= 11 is 6.00. The first kappa shape index (κ1) is 17.3. The molecule has 2 rings (SSSR count). The molecular formula is C17H26ClN3O. The maximum atomic E-state index is 11.9. The maximum absolute atomic E-state index is 11.9. The molecule has 122 valence electrons. The Morgan fingerprint density at radius 3 is 2.32 bits per heavy atom. The second-order valence-corrected chi connectivity index (χ2v) is 6.74. The van der Waals surface area contributed by atoms with Gasteiger partial charge in [0.2, 0.25) is 5.91 Å². The van der Waals surface area contributed by atoms with E-state index in [4.69, 9.17) is 11.6 Å². The van der Waals surface area contributed by atoms with Gasteiger partial charge in [-0.25, -0.2) is 0 Å². The fraction of sp³-hybridized carbons (Fsp3) is 0.588. The monoisotopic (exact) mass is 323 g/mol. The number of likely N-dealkylation sites (N-methyl/N-ethyl adjacent to an activating group) is 1. The predicted molar refractivity (Wildman–Crippen MR) is 91.1 cm³/mol. The zero-order valence-electron chi connectivity index (χ0n) is 13.7. The van der Waals surface area contributed by atoms with Crippen molar-refractivity contribution in [1.82, 2.24) is 15.1 Å². The Morgan fingerprint density at radius 2 is 1.77 bits per heavy atom. The van der Waals surface area contributed by atoms with Crippen molar-refractivity contribution >= 4 is 17.5 Å². The van der Waals surface area contributed by atoms with Gasteiger partial charge in [-0.05, 0) is 24.7 Å². The average Bonchev–Trinajstić information content (AvgIpc) is 2.50. The van der Waals surface area contributed by atoms with Crippen molar-refractivity contribution in [3.63, 3.8) is 0 Å². The summed E-state index contributed by atoms with van der Waals surface area (Å²) in [5.41, 5.74) is 1.21. The number of piperazine rings is 1. The lowest BCUT2D eigenvalue weighted by molar-refractivity contribution is -0.124. The molecule has 1 aliphatic rings. The number of hydrogen-bond acceptors (Lipinski definition) is 3. The predicted octanol–water partition coefficient (Wildman–Crippen LogP) is 2.40. The van der Waals surface area contributed by atoms with E-state index in [-0.39, 0.29) is 17.9 Å². The van der Waals surface area contributed by atoms with Crippen molar-refractivity contribution in [3.05, 3.63) is 34.9 Å². The molecule has 4 nitrogen and oxygen atoms in total. The smallest absolute Gasteiger partial charge is 0.222 e. The molecule has 1 atom stereocenters. The Hall–Kier alpha value is -1.10. The van der Waals surface area contributed by atoms with E-state index in [1.807, 2.05) is 26.0 Å². The van der Waals surface area contributed by atoms with E-state index < -0.39 is 0 Å². The van der Waals surface area contributed by atoms with E-state index >= 15 is 0 Å². The van der Waals surface area contributed by atoms with Gasteiger partial charge < -0.3 is 10.2 Å². The Kier molecular flexibility index (Phi) is 6.24. The minimum Gasteiger partial charge on any atom is -0.354 e. The summed E-state index contributed by atoms with van der Waals surface area (Å²) in [7, 11) is 2.15. The van der Waals surface area contributed by atoms with Gasteiger partial charge in [-0.15, -0.1) is 0 Å². The number of carbonyl (C=O) groups excluding carboxylic acids is 1. The first-order valence-corrected chi connectivity index (χ1v) is 8.31. The second-order valence-electron chi connectivity index (χ2n) is 6.31. The van der Waals surface area contributed by atoms with E-state index in [1.165, 1.54) is 5.56 Å². The molecule has 1 saturated heterocycles. The van der Waals surface area contributed by atoms with Crippen LogP contribution in [0.1, 0.15) is 25.5 Å². The van der Waals surface area contributed by atoms with Crippen molar-refractivity contribution in [2.45, 2.75) is 19.9 Å². The van der Waals surface area contributed by atoms with Crippen molar-refractivity contribution in [3.8, 4) is 0 Å². The van der Waals surface area contributed by atoms with Crippen LogP contribution in [0, 0.1) is 5.92 Å². The Balaban J connectivity index is 2.09. The number of carbonyl (C=O) groups is 1. The van der Waals surface area contributed by atoms with Gasteiger partial charge in [0.15, 0.2) is 0 Å². The summed E-state index contributed by atoms with van der Waals surface area (Å²) in [6.45, 7) is 8.63. The zero-order valence-corrected chi connectivity index (χ0v) is 14.4. The molecule has 0 saturated carbocycles. The summed E-state index contributed by atoms with van der Waals surface area (Å²) in [5, 5.41) is 3.82. The summed E-state index contributed by atoms with van der Waals surface area (Å²) in [4.78, 5) is 16.7. The molecule has 0 unspecified atom stereocenters. The lowest BCUT2D eigenvalue weighted by atomic mass is 10.0. The minimum atomic E-state index is 0.0124. The Morgan fingerprint density at radius 1 is 1.18 bits per heavy atom. The van der Waals surface area contributed by atoms with Crippen LogP contribution in [0.2, 0.25) is 5.02 Å². The van der Waals surface area contributed by atoms with Crippen LogP contribution in [-0.2, 0) is 4.79 Å². The highest BCUT2D eigenvalue weighted by molar-refractivity contribution is 6.30. The summed E-state index contributed by atoms with van der Waals surface area (Å²) < 4.78 is 0. The third-order valence-corrected chi connectivity index (χ3v) is 4.48. The normalized spacial score (nSPS) is 18.4. The van der Waals surface area contributed by atoms with E-state index in [1.54, 1.807) is 0 Å². The van der Waals surface area contributed by atoms with Crippen molar-refractivity contribution in [2.24, 2.45) is 5.92 Å². The van der Waals surface area contributed by atoms with Gasteiger partial charge in [-0.2, -0.15) is 0 Å². The van der Waals surface area contributed by atoms with Gasteiger partial charge in [0.25, 0.3) is 0 Å². The average molecular weight is 324 g/mol. The van der Waals surface area contributed by atoms with Gasteiger partial charge in [-0.1, -0.05) is 37.6 Å². The Labute approximate surface area is 138 Å². The molecule has 1 N–H and O–H groups in total. The molecule has 0 bridgehead atoms. The second kappa shape index (κ2) is 7.95. The highest BCUT2D eigenvalue weighted by Crippen LogP contribution is 2.23. The summed E-state index contributed by atoms with van der Waals surface area (Å²) in [6.07, 6.45) is 0.